The Balaban J connectivity index is 3.70. The highest BCUT2D eigenvalue weighted by atomic mass is 31.2. The highest BCUT2D eigenvalue weighted by Gasteiger charge is 2.26. The van der Waals surface area contributed by atoms with E-state index in [-0.39, 0.29) is 38.6 Å². The van der Waals surface area contributed by atoms with Crippen LogP contribution in [0.5, 0.6) is 0 Å². The van der Waals surface area contributed by atoms with Crippen LogP contribution in [0.1, 0.15) is 239 Å². The van der Waals surface area contributed by atoms with Crippen LogP contribution in [-0.4, -0.2) is 49.3 Å². The van der Waals surface area contributed by atoms with Gasteiger partial charge in [0.25, 0.3) is 0 Å². The Labute approximate surface area is 405 Å². The normalized spacial score (nSPS) is 13.7. The molecule has 66 heavy (non-hydrogen) atoms. The second kappa shape index (κ2) is 51.8. The van der Waals surface area contributed by atoms with Gasteiger partial charge in [0.1, 0.15) is 6.61 Å². The molecular formula is C56H100NO8P. The largest absolute Gasteiger partial charge is 0.472 e. The first-order valence-corrected chi connectivity index (χ1v) is 28.4. The van der Waals surface area contributed by atoms with Crippen molar-refractivity contribution in [3.05, 3.63) is 72.9 Å². The first-order chi connectivity index (χ1) is 32.3. The molecule has 2 unspecified atom stereocenters. The number of allylic oxidation sites excluding steroid dienone is 12. The van der Waals surface area contributed by atoms with Crippen molar-refractivity contribution in [1.29, 1.82) is 0 Å². The molecule has 0 aromatic rings. The molecule has 9 nitrogen and oxygen atoms in total. The summed E-state index contributed by atoms with van der Waals surface area (Å²) in [5.74, 6) is -0.832. The molecule has 0 saturated heterocycles. The van der Waals surface area contributed by atoms with E-state index in [1.807, 2.05) is 0 Å². The Morgan fingerprint density at radius 3 is 1.24 bits per heavy atom. The zero-order valence-corrected chi connectivity index (χ0v) is 43.3. The van der Waals surface area contributed by atoms with Crippen LogP contribution in [-0.2, 0) is 32.7 Å². The second-order valence-corrected chi connectivity index (χ2v) is 19.2. The summed E-state index contributed by atoms with van der Waals surface area (Å²) in [4.78, 5) is 34.7. The van der Waals surface area contributed by atoms with Gasteiger partial charge in [-0.2, -0.15) is 0 Å². The summed E-state index contributed by atoms with van der Waals surface area (Å²) in [5, 5.41) is 0. The summed E-state index contributed by atoms with van der Waals surface area (Å²) in [5.41, 5.74) is 5.34. The molecule has 0 rings (SSSR count). The van der Waals surface area contributed by atoms with E-state index in [0.717, 1.165) is 77.0 Å². The molecule has 2 atom stereocenters. The number of esters is 2. The standard InChI is InChI=1S/C56H100NO8P/c1-3-5-7-9-11-12-13-14-15-16-17-18-19-20-21-22-23-24-25-26-27-28-29-30-31-32-33-34-35-36-37-38-39-40-41-42-43-45-47-49-56(59)65-54(53-64-66(60,61)63-51-50-57)52-62-55(58)48-46-44-10-8-6-4-2/h5,7,11-12,14-15,17-18,20-21,23-24,54H,3-4,6,8-10,13,16,19,22,25-53,57H2,1-2H3,(H,60,61)/b7-5-,12-11-,15-14-,18-17-,21-20-,24-23-. The summed E-state index contributed by atoms with van der Waals surface area (Å²) in [6.07, 6.45) is 65.9. The van der Waals surface area contributed by atoms with Gasteiger partial charge in [-0.05, 0) is 64.2 Å². The van der Waals surface area contributed by atoms with Crippen LogP contribution in [0, 0.1) is 0 Å². The van der Waals surface area contributed by atoms with Crippen LogP contribution in [0.2, 0.25) is 0 Å². The maximum Gasteiger partial charge on any atom is 0.472 e. The Bertz CT molecular complexity index is 1310. The number of carbonyl (C=O) groups is 2. The first-order valence-electron chi connectivity index (χ1n) is 26.9. The third-order valence-electron chi connectivity index (χ3n) is 11.4. The van der Waals surface area contributed by atoms with Crippen molar-refractivity contribution >= 4 is 19.8 Å². The van der Waals surface area contributed by atoms with Gasteiger partial charge < -0.3 is 20.1 Å². The average molecular weight is 946 g/mol. The summed E-state index contributed by atoms with van der Waals surface area (Å²) in [6.45, 7) is 3.56. The Kier molecular flexibility index (Phi) is 49.8. The van der Waals surface area contributed by atoms with Crippen LogP contribution in [0.25, 0.3) is 0 Å². The third-order valence-corrected chi connectivity index (χ3v) is 12.3. The molecule has 0 aliphatic carbocycles. The lowest BCUT2D eigenvalue weighted by atomic mass is 10.0. The maximum absolute atomic E-state index is 12.6. The lowest BCUT2D eigenvalue weighted by Crippen LogP contribution is -2.29. The number of rotatable bonds is 50. The van der Waals surface area contributed by atoms with Crippen LogP contribution in [0.4, 0.5) is 0 Å². The van der Waals surface area contributed by atoms with E-state index >= 15 is 0 Å². The number of phosphoric ester groups is 1. The zero-order valence-electron chi connectivity index (χ0n) is 42.4. The molecule has 0 spiro atoms. The van der Waals surface area contributed by atoms with E-state index in [1.165, 1.54) is 128 Å². The van der Waals surface area contributed by atoms with Crippen molar-refractivity contribution in [2.75, 3.05) is 26.4 Å². The van der Waals surface area contributed by atoms with Gasteiger partial charge in [-0.15, -0.1) is 0 Å². The number of hydrogen-bond donors (Lipinski definition) is 2. The molecule has 0 saturated carbocycles. The fraction of sp³-hybridized carbons (Fsp3) is 0.750. The lowest BCUT2D eigenvalue weighted by Gasteiger charge is -2.19. The SMILES string of the molecule is CC/C=C\C/C=C\C/C=C\C/C=C\C/C=C\C/C=C\CCCCCCCCCCCCCCCCCCCCCCC(=O)OC(COC(=O)CCCCCCCC)COP(=O)(O)OCCN. The van der Waals surface area contributed by atoms with Crippen molar-refractivity contribution in [2.24, 2.45) is 5.73 Å². The van der Waals surface area contributed by atoms with Crippen LogP contribution in [0.15, 0.2) is 72.9 Å². The lowest BCUT2D eigenvalue weighted by molar-refractivity contribution is -0.161. The molecule has 0 heterocycles. The number of unbranched alkanes of at least 4 members (excludes halogenated alkanes) is 25. The van der Waals surface area contributed by atoms with Gasteiger partial charge in [-0.1, -0.05) is 234 Å². The van der Waals surface area contributed by atoms with Gasteiger partial charge in [0.05, 0.1) is 13.2 Å². The predicted octanol–water partition coefficient (Wildman–Crippen LogP) is 16.6. The van der Waals surface area contributed by atoms with Gasteiger partial charge in [-0.3, -0.25) is 18.6 Å². The molecule has 0 aliphatic heterocycles. The third kappa shape index (κ3) is 50.9. The van der Waals surface area contributed by atoms with Crippen molar-refractivity contribution in [2.45, 2.75) is 245 Å². The minimum absolute atomic E-state index is 0.0538. The first kappa shape index (κ1) is 63.5. The van der Waals surface area contributed by atoms with Crippen molar-refractivity contribution in [1.82, 2.24) is 0 Å². The molecule has 382 valence electrons. The van der Waals surface area contributed by atoms with Crippen LogP contribution in [0.3, 0.4) is 0 Å². The van der Waals surface area contributed by atoms with Gasteiger partial charge in [-0.25, -0.2) is 4.57 Å². The van der Waals surface area contributed by atoms with Crippen molar-refractivity contribution in [3.63, 3.8) is 0 Å². The molecule has 0 aromatic heterocycles. The molecular weight excluding hydrogens is 846 g/mol. The van der Waals surface area contributed by atoms with E-state index in [9.17, 15) is 19.0 Å². The molecule has 0 fully saturated rings. The van der Waals surface area contributed by atoms with Gasteiger partial charge in [0.2, 0.25) is 0 Å². The second-order valence-electron chi connectivity index (χ2n) is 17.7. The van der Waals surface area contributed by atoms with E-state index in [2.05, 4.69) is 86.8 Å². The quantitative estimate of drug-likeness (QED) is 0.0264. The fourth-order valence-electron chi connectivity index (χ4n) is 7.40. The smallest absolute Gasteiger partial charge is 0.462 e. The van der Waals surface area contributed by atoms with E-state index in [0.29, 0.717) is 6.42 Å². The fourth-order valence-corrected chi connectivity index (χ4v) is 8.17. The molecule has 0 aromatic carbocycles. The minimum Gasteiger partial charge on any atom is -0.462 e. The number of hydrogen-bond acceptors (Lipinski definition) is 8. The van der Waals surface area contributed by atoms with E-state index < -0.39 is 26.5 Å². The topological polar surface area (TPSA) is 134 Å². The van der Waals surface area contributed by atoms with Crippen LogP contribution >= 0.6 is 7.82 Å². The molecule has 0 aliphatic rings. The van der Waals surface area contributed by atoms with Crippen molar-refractivity contribution in [3.8, 4) is 0 Å². The summed E-state index contributed by atoms with van der Waals surface area (Å²) in [6, 6.07) is 0. The Morgan fingerprint density at radius 1 is 0.470 bits per heavy atom. The summed E-state index contributed by atoms with van der Waals surface area (Å²) < 4.78 is 32.7. The monoisotopic (exact) mass is 946 g/mol. The molecule has 0 bridgehead atoms. The Morgan fingerprint density at radius 2 is 0.833 bits per heavy atom. The van der Waals surface area contributed by atoms with Gasteiger partial charge >= 0.3 is 19.8 Å². The van der Waals surface area contributed by atoms with Gasteiger partial charge in [0, 0.05) is 19.4 Å². The highest BCUT2D eigenvalue weighted by Crippen LogP contribution is 2.43. The molecule has 10 heteroatoms. The number of ether oxygens (including phenoxy) is 2. The molecule has 0 radical (unpaired) electrons. The minimum atomic E-state index is -4.37. The zero-order chi connectivity index (χ0) is 48.1. The Hall–Kier alpha value is -2.55. The number of carbonyl (C=O) groups excluding carboxylic acids is 2. The van der Waals surface area contributed by atoms with Gasteiger partial charge in [0.15, 0.2) is 6.10 Å². The van der Waals surface area contributed by atoms with Crippen molar-refractivity contribution < 1.29 is 37.6 Å². The number of phosphoric acid groups is 1. The van der Waals surface area contributed by atoms with E-state index in [1.54, 1.807) is 0 Å². The predicted molar refractivity (Wildman–Crippen MR) is 279 cm³/mol. The molecule has 0 amide bonds. The average Bonchev–Trinajstić information content (AvgIpc) is 3.31. The maximum atomic E-state index is 12.6. The van der Waals surface area contributed by atoms with Crippen LogP contribution < -0.4 is 5.73 Å². The highest BCUT2D eigenvalue weighted by molar-refractivity contribution is 7.47. The summed E-state index contributed by atoms with van der Waals surface area (Å²) in [7, 11) is -4.37. The number of nitrogens with two attached hydrogens (primary N) is 1. The van der Waals surface area contributed by atoms with E-state index in [4.69, 9.17) is 24.3 Å². The molecule has 3 N–H and O–H groups in total. The summed E-state index contributed by atoms with van der Waals surface area (Å²) >= 11 is 0.